The first-order valence-electron chi connectivity index (χ1n) is 11.5. The van der Waals surface area contributed by atoms with Gasteiger partial charge < -0.3 is 10.2 Å². The molecule has 2 aromatic carbocycles. The van der Waals surface area contributed by atoms with E-state index >= 15 is 0 Å². The molecule has 0 saturated heterocycles. The third-order valence-electron chi connectivity index (χ3n) is 5.72. The van der Waals surface area contributed by atoms with Gasteiger partial charge in [-0.05, 0) is 50.5 Å². The lowest BCUT2D eigenvalue weighted by atomic mass is 10.1. The van der Waals surface area contributed by atoms with E-state index in [2.05, 4.69) is 5.32 Å². The lowest BCUT2D eigenvalue weighted by molar-refractivity contribution is -0.140. The van der Waals surface area contributed by atoms with E-state index in [0.29, 0.717) is 6.42 Å². The number of nitrogens with zero attached hydrogens (tertiary/aromatic N) is 2. The molecule has 0 unspecified atom stereocenters. The van der Waals surface area contributed by atoms with Crippen molar-refractivity contribution in [2.24, 2.45) is 0 Å². The van der Waals surface area contributed by atoms with Crippen LogP contribution in [0.15, 0.2) is 42.5 Å². The van der Waals surface area contributed by atoms with Crippen molar-refractivity contribution in [1.82, 2.24) is 10.2 Å². The molecule has 0 aromatic heterocycles. The lowest BCUT2D eigenvalue weighted by Crippen LogP contribution is -2.53. The average molecular weight is 543 g/mol. The van der Waals surface area contributed by atoms with Gasteiger partial charge in [0.25, 0.3) is 0 Å². The Hall–Kier alpha value is -2.29. The third-order valence-corrected chi connectivity index (χ3v) is 7.40. The van der Waals surface area contributed by atoms with Crippen LogP contribution in [-0.2, 0) is 26.2 Å². The van der Waals surface area contributed by atoms with Gasteiger partial charge in [-0.2, -0.15) is 0 Å². The minimum Gasteiger partial charge on any atom is -0.352 e. The summed E-state index contributed by atoms with van der Waals surface area (Å²) in [6.45, 7) is 7.24. The molecule has 0 aliphatic carbocycles. The summed E-state index contributed by atoms with van der Waals surface area (Å²) in [6.07, 6.45) is 2.09. The van der Waals surface area contributed by atoms with Gasteiger partial charge in [-0.1, -0.05) is 66.9 Å². The molecular weight excluding hydrogens is 509 g/mol. The summed E-state index contributed by atoms with van der Waals surface area (Å²) < 4.78 is 26.3. The van der Waals surface area contributed by atoms with Gasteiger partial charge in [-0.3, -0.25) is 13.9 Å². The first-order valence-corrected chi connectivity index (χ1v) is 14.1. The normalized spacial score (nSPS) is 13.1. The number of carbonyl (C=O) groups is 2. The van der Waals surface area contributed by atoms with Crippen LogP contribution in [0.5, 0.6) is 0 Å². The monoisotopic (exact) mass is 541 g/mol. The molecule has 0 aliphatic heterocycles. The molecule has 2 aromatic rings. The SMILES string of the molecule is CC[C@@H](C)NC(=O)[C@@H](CC)N(Cc1ccc(C)cc1)C(=O)CN(c1cc(Cl)ccc1Cl)S(C)(=O)=O. The third kappa shape index (κ3) is 8.12. The quantitative estimate of drug-likeness (QED) is 0.443. The zero-order valence-electron chi connectivity index (χ0n) is 20.7. The second kappa shape index (κ2) is 12.6. The van der Waals surface area contributed by atoms with Gasteiger partial charge >= 0.3 is 0 Å². The number of halogens is 2. The topological polar surface area (TPSA) is 86.8 Å². The minimum atomic E-state index is -3.90. The van der Waals surface area contributed by atoms with Crippen LogP contribution >= 0.6 is 23.2 Å². The molecule has 0 fully saturated rings. The van der Waals surface area contributed by atoms with Crippen molar-refractivity contribution >= 4 is 50.7 Å². The predicted octanol–water partition coefficient (Wildman–Crippen LogP) is 4.79. The van der Waals surface area contributed by atoms with E-state index in [4.69, 9.17) is 23.2 Å². The van der Waals surface area contributed by atoms with Crippen molar-refractivity contribution < 1.29 is 18.0 Å². The van der Waals surface area contributed by atoms with Gasteiger partial charge in [-0.25, -0.2) is 8.42 Å². The first kappa shape index (κ1) is 28.9. The maximum atomic E-state index is 13.7. The highest BCUT2D eigenvalue weighted by atomic mass is 35.5. The Morgan fingerprint density at radius 1 is 1.03 bits per heavy atom. The highest BCUT2D eigenvalue weighted by molar-refractivity contribution is 7.92. The number of anilines is 1. The minimum absolute atomic E-state index is 0.0642. The maximum absolute atomic E-state index is 13.7. The Bertz CT molecular complexity index is 1140. The molecule has 0 radical (unpaired) electrons. The number of aryl methyl sites for hydroxylation is 1. The van der Waals surface area contributed by atoms with Gasteiger partial charge in [0.05, 0.1) is 17.0 Å². The van der Waals surface area contributed by atoms with Crippen LogP contribution in [0.4, 0.5) is 5.69 Å². The molecule has 2 rings (SSSR count). The number of hydrogen-bond acceptors (Lipinski definition) is 4. The predicted molar refractivity (Wildman–Crippen MR) is 142 cm³/mol. The fourth-order valence-electron chi connectivity index (χ4n) is 3.52. The number of sulfonamides is 1. The molecule has 7 nitrogen and oxygen atoms in total. The Morgan fingerprint density at radius 3 is 2.20 bits per heavy atom. The van der Waals surface area contributed by atoms with E-state index in [1.54, 1.807) is 0 Å². The molecule has 0 heterocycles. The molecular formula is C25H33Cl2N3O4S. The summed E-state index contributed by atoms with van der Waals surface area (Å²) in [4.78, 5) is 28.2. The molecule has 0 spiro atoms. The van der Waals surface area contributed by atoms with Gasteiger partial charge in [0.2, 0.25) is 21.8 Å². The highest BCUT2D eigenvalue weighted by Crippen LogP contribution is 2.31. The van der Waals surface area contributed by atoms with Gasteiger partial charge in [0.15, 0.2) is 0 Å². The average Bonchev–Trinajstić information content (AvgIpc) is 2.79. The smallest absolute Gasteiger partial charge is 0.244 e. The molecule has 0 saturated carbocycles. The van der Waals surface area contributed by atoms with Crippen molar-refractivity contribution in [3.05, 3.63) is 63.6 Å². The Morgan fingerprint density at radius 2 is 1.66 bits per heavy atom. The number of benzene rings is 2. The Kier molecular flexibility index (Phi) is 10.4. The number of carbonyl (C=O) groups excluding carboxylic acids is 2. The van der Waals surface area contributed by atoms with E-state index in [9.17, 15) is 18.0 Å². The van der Waals surface area contributed by atoms with Crippen molar-refractivity contribution in [3.63, 3.8) is 0 Å². The van der Waals surface area contributed by atoms with E-state index in [-0.39, 0.29) is 34.2 Å². The summed E-state index contributed by atoms with van der Waals surface area (Å²) in [5.41, 5.74) is 1.99. The maximum Gasteiger partial charge on any atom is 0.244 e. The zero-order valence-corrected chi connectivity index (χ0v) is 23.0. The van der Waals surface area contributed by atoms with Crippen molar-refractivity contribution in [2.45, 2.75) is 59.2 Å². The van der Waals surface area contributed by atoms with Crippen LogP contribution in [0.1, 0.15) is 44.7 Å². The number of amides is 2. The molecule has 35 heavy (non-hydrogen) atoms. The number of rotatable bonds is 11. The number of nitrogens with one attached hydrogen (secondary N) is 1. The Balaban J connectivity index is 2.47. The fraction of sp³-hybridized carbons (Fsp3) is 0.440. The van der Waals surface area contributed by atoms with E-state index < -0.39 is 28.5 Å². The van der Waals surface area contributed by atoms with Crippen molar-refractivity contribution in [1.29, 1.82) is 0 Å². The highest BCUT2D eigenvalue weighted by Gasteiger charge is 2.32. The molecule has 0 bridgehead atoms. The van der Waals surface area contributed by atoms with Crippen LogP contribution in [0, 0.1) is 6.92 Å². The van der Waals surface area contributed by atoms with E-state index in [1.807, 2.05) is 52.0 Å². The number of hydrogen-bond donors (Lipinski definition) is 1. The van der Waals surface area contributed by atoms with Gasteiger partial charge in [0.1, 0.15) is 12.6 Å². The molecule has 1 N–H and O–H groups in total. The van der Waals surface area contributed by atoms with Crippen LogP contribution in [-0.4, -0.2) is 50.0 Å². The molecule has 10 heteroatoms. The molecule has 192 valence electrons. The summed E-state index contributed by atoms with van der Waals surface area (Å²) in [7, 11) is -3.90. The largest absolute Gasteiger partial charge is 0.352 e. The summed E-state index contributed by atoms with van der Waals surface area (Å²) in [5.74, 6) is -0.813. The van der Waals surface area contributed by atoms with Crippen molar-refractivity contribution in [3.8, 4) is 0 Å². The van der Waals surface area contributed by atoms with E-state index in [1.165, 1.54) is 23.1 Å². The van der Waals surface area contributed by atoms with Crippen LogP contribution in [0.2, 0.25) is 10.0 Å². The molecule has 0 aliphatic rings. The zero-order chi connectivity index (χ0) is 26.3. The molecule has 2 amide bonds. The summed E-state index contributed by atoms with van der Waals surface area (Å²) in [6, 6.07) is 11.2. The fourth-order valence-corrected chi connectivity index (χ4v) is 4.81. The summed E-state index contributed by atoms with van der Waals surface area (Å²) in [5, 5.41) is 3.36. The Labute approximate surface area is 218 Å². The molecule has 2 atom stereocenters. The van der Waals surface area contributed by atoms with Crippen molar-refractivity contribution in [2.75, 3.05) is 17.1 Å². The van der Waals surface area contributed by atoms with Gasteiger partial charge in [0, 0.05) is 17.6 Å². The first-order chi connectivity index (χ1) is 16.4. The van der Waals surface area contributed by atoms with Crippen LogP contribution in [0.25, 0.3) is 0 Å². The van der Waals surface area contributed by atoms with E-state index in [0.717, 1.165) is 28.1 Å². The standard InChI is InChI=1S/C25H33Cl2N3O4S/c1-6-18(4)28-25(32)22(7-2)29(15-19-10-8-17(3)9-11-19)24(31)16-30(35(5,33)34)23-14-20(26)12-13-21(23)27/h8-14,18,22H,6-7,15-16H2,1-5H3,(H,28,32)/t18-,22-/m1/s1. The second-order valence-electron chi connectivity index (χ2n) is 8.61. The lowest BCUT2D eigenvalue weighted by Gasteiger charge is -2.33. The van der Waals surface area contributed by atoms with Gasteiger partial charge in [-0.15, -0.1) is 0 Å². The second-order valence-corrected chi connectivity index (χ2v) is 11.4. The van der Waals surface area contributed by atoms with Crippen LogP contribution in [0.3, 0.4) is 0 Å². The van der Waals surface area contributed by atoms with Crippen LogP contribution < -0.4 is 9.62 Å². The summed E-state index contributed by atoms with van der Waals surface area (Å²) >= 11 is 12.3.